The maximum atomic E-state index is 11.9. The molecule has 0 aliphatic carbocycles. The molecule has 3 aromatic rings. The first-order valence-electron chi connectivity index (χ1n) is 10.3. The highest BCUT2D eigenvalue weighted by molar-refractivity contribution is 5.74. The van der Waals surface area contributed by atoms with Crippen LogP contribution >= 0.6 is 0 Å². The molecule has 2 heterocycles. The summed E-state index contributed by atoms with van der Waals surface area (Å²) in [6.45, 7) is 3.21. The summed E-state index contributed by atoms with van der Waals surface area (Å²) in [5.74, 6) is -0.0133. The number of carbonyl (C=O) groups is 1. The second-order valence-corrected chi connectivity index (χ2v) is 7.74. The van der Waals surface area contributed by atoms with Crippen LogP contribution in [0.15, 0.2) is 72.9 Å². The second kappa shape index (κ2) is 9.09. The molecule has 2 atom stereocenters. The van der Waals surface area contributed by atoms with Crippen molar-refractivity contribution in [3.8, 4) is 5.75 Å². The molecule has 1 aromatic heterocycles. The summed E-state index contributed by atoms with van der Waals surface area (Å²) in [7, 11) is 0. The fraction of sp³-hybridized carbons (Fsp3) is 0.280. The number of rotatable bonds is 7. The van der Waals surface area contributed by atoms with Gasteiger partial charge in [-0.05, 0) is 54.7 Å². The highest BCUT2D eigenvalue weighted by Crippen LogP contribution is 2.35. The number of benzene rings is 2. The van der Waals surface area contributed by atoms with E-state index in [1.54, 1.807) is 0 Å². The third kappa shape index (κ3) is 4.52. The summed E-state index contributed by atoms with van der Waals surface area (Å²) in [5.41, 5.74) is 4.03. The molecule has 5 nitrogen and oxygen atoms in total. The molecule has 0 radical (unpaired) electrons. The molecular formula is C25H26N2O3. The topological polar surface area (TPSA) is 62.7 Å². The van der Waals surface area contributed by atoms with Crippen molar-refractivity contribution in [2.45, 2.75) is 38.5 Å². The summed E-state index contributed by atoms with van der Waals surface area (Å²) in [6.07, 6.45) is 3.36. The van der Waals surface area contributed by atoms with Gasteiger partial charge in [0.2, 0.25) is 0 Å². The minimum absolute atomic E-state index is 0.227. The molecule has 0 spiro atoms. The quantitative estimate of drug-likeness (QED) is 0.625. The van der Waals surface area contributed by atoms with Crippen LogP contribution in [0.4, 0.5) is 0 Å². The molecule has 0 amide bonds. The van der Waals surface area contributed by atoms with Crippen LogP contribution in [0.1, 0.15) is 41.3 Å². The molecule has 1 aliphatic heterocycles. The minimum atomic E-state index is -0.777. The monoisotopic (exact) mass is 402 g/mol. The maximum absolute atomic E-state index is 11.9. The standard InChI is InChI=1S/C25H26N2O3/c1-18-12-13-22(26-16-18)24(27-14-6-11-23(27)25(28)29)20-9-5-10-21(15-20)30-17-19-7-3-2-4-8-19/h2-5,7-10,12-13,15-16,23-24H,6,11,14,17H2,1H3,(H,28,29). The van der Waals surface area contributed by atoms with Gasteiger partial charge in [-0.15, -0.1) is 0 Å². The molecule has 4 rings (SSSR count). The lowest BCUT2D eigenvalue weighted by Crippen LogP contribution is -2.39. The van der Waals surface area contributed by atoms with Crippen LogP contribution in [0.2, 0.25) is 0 Å². The van der Waals surface area contributed by atoms with Crippen molar-refractivity contribution in [2.75, 3.05) is 6.54 Å². The highest BCUT2D eigenvalue weighted by atomic mass is 16.5. The molecule has 1 N–H and O–H groups in total. The van der Waals surface area contributed by atoms with Gasteiger partial charge >= 0.3 is 5.97 Å². The van der Waals surface area contributed by atoms with E-state index >= 15 is 0 Å². The summed E-state index contributed by atoms with van der Waals surface area (Å²) in [6, 6.07) is 21.3. The normalized spacial score (nSPS) is 17.6. The Morgan fingerprint density at radius 1 is 1.17 bits per heavy atom. The molecule has 1 fully saturated rings. The number of aromatic nitrogens is 1. The summed E-state index contributed by atoms with van der Waals surface area (Å²) in [4.78, 5) is 18.6. The Bertz CT molecular complexity index is 989. The zero-order valence-corrected chi connectivity index (χ0v) is 17.1. The van der Waals surface area contributed by atoms with Gasteiger partial charge in [-0.1, -0.05) is 48.5 Å². The van der Waals surface area contributed by atoms with E-state index in [0.717, 1.165) is 41.1 Å². The van der Waals surface area contributed by atoms with E-state index in [9.17, 15) is 9.90 Å². The van der Waals surface area contributed by atoms with E-state index in [-0.39, 0.29) is 6.04 Å². The van der Waals surface area contributed by atoms with Gasteiger partial charge in [0.15, 0.2) is 0 Å². The van der Waals surface area contributed by atoms with Crippen LogP contribution in [0.25, 0.3) is 0 Å². The smallest absolute Gasteiger partial charge is 0.320 e. The molecule has 0 saturated carbocycles. The van der Waals surface area contributed by atoms with Gasteiger partial charge in [-0.3, -0.25) is 14.7 Å². The number of aliphatic carboxylic acids is 1. The van der Waals surface area contributed by atoms with Crippen LogP contribution in [0.5, 0.6) is 5.75 Å². The number of hydrogen-bond acceptors (Lipinski definition) is 4. The van der Waals surface area contributed by atoms with Gasteiger partial charge in [-0.2, -0.15) is 0 Å². The van der Waals surface area contributed by atoms with Crippen molar-refractivity contribution >= 4 is 5.97 Å². The summed E-state index contributed by atoms with van der Waals surface area (Å²) in [5, 5.41) is 9.75. The van der Waals surface area contributed by atoms with E-state index < -0.39 is 12.0 Å². The van der Waals surface area contributed by atoms with Crippen molar-refractivity contribution in [1.29, 1.82) is 0 Å². The molecule has 2 unspecified atom stereocenters. The van der Waals surface area contributed by atoms with Crippen molar-refractivity contribution in [1.82, 2.24) is 9.88 Å². The lowest BCUT2D eigenvalue weighted by atomic mass is 9.99. The van der Waals surface area contributed by atoms with Crippen LogP contribution in [0.3, 0.4) is 0 Å². The Morgan fingerprint density at radius 2 is 2.00 bits per heavy atom. The first-order chi connectivity index (χ1) is 14.6. The number of nitrogens with zero attached hydrogens (tertiary/aromatic N) is 2. The second-order valence-electron chi connectivity index (χ2n) is 7.74. The van der Waals surface area contributed by atoms with Gasteiger partial charge in [0.1, 0.15) is 18.4 Å². The SMILES string of the molecule is Cc1ccc(C(c2cccc(OCc3ccccc3)c2)N2CCCC2C(=O)O)nc1. The van der Waals surface area contributed by atoms with Crippen molar-refractivity contribution < 1.29 is 14.6 Å². The van der Waals surface area contributed by atoms with E-state index in [1.165, 1.54) is 0 Å². The summed E-state index contributed by atoms with van der Waals surface area (Å²) < 4.78 is 6.02. The minimum Gasteiger partial charge on any atom is -0.489 e. The number of carboxylic acids is 1. The van der Waals surface area contributed by atoms with Crippen molar-refractivity contribution in [3.63, 3.8) is 0 Å². The molecule has 0 bridgehead atoms. The number of pyridine rings is 1. The van der Waals surface area contributed by atoms with E-state index in [1.807, 2.05) is 79.9 Å². The van der Waals surface area contributed by atoms with Crippen molar-refractivity contribution in [3.05, 3.63) is 95.3 Å². The van der Waals surface area contributed by atoms with Crippen LogP contribution in [0, 0.1) is 6.92 Å². The Balaban J connectivity index is 1.65. The number of hydrogen-bond donors (Lipinski definition) is 1. The average molecular weight is 402 g/mol. The Labute approximate surface area is 177 Å². The van der Waals surface area contributed by atoms with Gasteiger partial charge in [-0.25, -0.2) is 0 Å². The fourth-order valence-corrected chi connectivity index (χ4v) is 4.05. The lowest BCUT2D eigenvalue weighted by Gasteiger charge is -2.31. The number of carboxylic acid groups (broad SMARTS) is 1. The maximum Gasteiger partial charge on any atom is 0.320 e. The first kappa shape index (κ1) is 20.1. The predicted molar refractivity (Wildman–Crippen MR) is 115 cm³/mol. The number of likely N-dealkylation sites (tertiary alicyclic amines) is 1. The average Bonchev–Trinajstić information content (AvgIpc) is 3.25. The van der Waals surface area contributed by atoms with E-state index in [2.05, 4.69) is 9.88 Å². The highest BCUT2D eigenvalue weighted by Gasteiger charge is 2.37. The number of aryl methyl sites for hydroxylation is 1. The van der Waals surface area contributed by atoms with Crippen LogP contribution in [-0.2, 0) is 11.4 Å². The zero-order chi connectivity index (χ0) is 20.9. The van der Waals surface area contributed by atoms with Crippen LogP contribution < -0.4 is 4.74 Å². The lowest BCUT2D eigenvalue weighted by molar-refractivity contribution is -0.142. The molecule has 30 heavy (non-hydrogen) atoms. The van der Waals surface area contributed by atoms with Gasteiger partial charge in [0, 0.05) is 12.7 Å². The van der Waals surface area contributed by atoms with Crippen molar-refractivity contribution in [2.24, 2.45) is 0 Å². The number of ether oxygens (including phenoxy) is 1. The molecule has 5 heteroatoms. The molecule has 2 aromatic carbocycles. The third-order valence-corrected chi connectivity index (χ3v) is 5.55. The predicted octanol–water partition coefficient (Wildman–Crippen LogP) is 4.61. The van der Waals surface area contributed by atoms with Gasteiger partial charge in [0.25, 0.3) is 0 Å². The zero-order valence-electron chi connectivity index (χ0n) is 17.1. The fourth-order valence-electron chi connectivity index (χ4n) is 4.05. The van der Waals surface area contributed by atoms with E-state index in [0.29, 0.717) is 13.0 Å². The molecule has 154 valence electrons. The van der Waals surface area contributed by atoms with Gasteiger partial charge < -0.3 is 9.84 Å². The first-order valence-corrected chi connectivity index (χ1v) is 10.3. The Kier molecular flexibility index (Phi) is 6.10. The largest absolute Gasteiger partial charge is 0.489 e. The molecule has 1 saturated heterocycles. The van der Waals surface area contributed by atoms with E-state index in [4.69, 9.17) is 4.74 Å². The Hall–Kier alpha value is -3.18. The Morgan fingerprint density at radius 3 is 2.73 bits per heavy atom. The third-order valence-electron chi connectivity index (χ3n) is 5.55. The van der Waals surface area contributed by atoms with Crippen LogP contribution in [-0.4, -0.2) is 33.5 Å². The van der Waals surface area contributed by atoms with Gasteiger partial charge in [0.05, 0.1) is 11.7 Å². The molecular weight excluding hydrogens is 376 g/mol. The molecule has 1 aliphatic rings. The summed E-state index contributed by atoms with van der Waals surface area (Å²) >= 11 is 0.